The van der Waals surface area contributed by atoms with E-state index in [9.17, 15) is 4.39 Å². The minimum atomic E-state index is -0.228. The average molecular weight is 232 g/mol. The van der Waals surface area contributed by atoms with E-state index in [0.717, 1.165) is 24.0 Å². The zero-order chi connectivity index (χ0) is 11.9. The highest BCUT2D eigenvalue weighted by Crippen LogP contribution is 2.25. The normalized spacial score (nSPS) is 10.6. The molecule has 2 aromatic carbocycles. The van der Waals surface area contributed by atoms with Gasteiger partial charge in [0.05, 0.1) is 13.3 Å². The Bertz CT molecular complexity index is 462. The number of unbranched alkanes of at least 4 members (excludes halogenated alkanes) is 2. The summed E-state index contributed by atoms with van der Waals surface area (Å²) in [6.07, 6.45) is 2.44. The molecule has 0 heterocycles. The maximum atomic E-state index is 11.9. The van der Waals surface area contributed by atoms with Gasteiger partial charge in [0.15, 0.2) is 0 Å². The van der Waals surface area contributed by atoms with Crippen LogP contribution in [0, 0.1) is 0 Å². The van der Waals surface area contributed by atoms with Gasteiger partial charge in [-0.1, -0.05) is 36.4 Å². The molecule has 2 heteroatoms. The summed E-state index contributed by atoms with van der Waals surface area (Å²) in [4.78, 5) is 0. The van der Waals surface area contributed by atoms with Gasteiger partial charge in [-0.05, 0) is 30.7 Å². The van der Waals surface area contributed by atoms with Crippen molar-refractivity contribution in [3.63, 3.8) is 0 Å². The number of benzene rings is 2. The van der Waals surface area contributed by atoms with E-state index >= 15 is 0 Å². The Balaban J connectivity index is 1.98. The van der Waals surface area contributed by atoms with Gasteiger partial charge in [0.1, 0.15) is 5.75 Å². The maximum absolute atomic E-state index is 11.9. The quantitative estimate of drug-likeness (QED) is 0.672. The summed E-state index contributed by atoms with van der Waals surface area (Å²) in [5.74, 6) is 0.920. The van der Waals surface area contributed by atoms with Crippen molar-refractivity contribution < 1.29 is 9.13 Å². The molecule has 0 amide bonds. The smallest absolute Gasteiger partial charge is 0.127 e. The lowest BCUT2D eigenvalue weighted by Gasteiger charge is -2.08. The standard InChI is InChI=1S/C15H17FO/c16-11-4-1-5-12-17-15-10-6-8-13-7-2-3-9-14(13)15/h2-3,6-10H,1,4-5,11-12H2. The Kier molecular flexibility index (Phi) is 4.37. The SMILES string of the molecule is FCCCCCOc1cccc2ccccc12. The van der Waals surface area contributed by atoms with Crippen LogP contribution in [0.15, 0.2) is 42.5 Å². The molecule has 0 bridgehead atoms. The summed E-state index contributed by atoms with van der Waals surface area (Å²) in [6, 6.07) is 14.2. The molecule has 0 aliphatic carbocycles. The monoisotopic (exact) mass is 232 g/mol. The van der Waals surface area contributed by atoms with Crippen molar-refractivity contribution in [2.45, 2.75) is 19.3 Å². The molecule has 0 aliphatic rings. The average Bonchev–Trinajstić information content (AvgIpc) is 2.39. The van der Waals surface area contributed by atoms with Gasteiger partial charge in [-0.15, -0.1) is 0 Å². The fourth-order valence-corrected chi connectivity index (χ4v) is 1.88. The van der Waals surface area contributed by atoms with Crippen LogP contribution in [0.2, 0.25) is 0 Å². The minimum Gasteiger partial charge on any atom is -0.493 e. The first kappa shape index (κ1) is 11.9. The number of rotatable bonds is 6. The molecule has 2 rings (SSSR count). The first-order valence-corrected chi connectivity index (χ1v) is 6.08. The van der Waals surface area contributed by atoms with E-state index in [1.165, 1.54) is 5.39 Å². The molecule has 17 heavy (non-hydrogen) atoms. The van der Waals surface area contributed by atoms with E-state index in [1.807, 2.05) is 24.3 Å². The van der Waals surface area contributed by atoms with Crippen molar-refractivity contribution in [2.75, 3.05) is 13.3 Å². The second-order valence-electron chi connectivity index (χ2n) is 4.08. The molecule has 1 nitrogen and oxygen atoms in total. The number of ether oxygens (including phenoxy) is 1. The van der Waals surface area contributed by atoms with Gasteiger partial charge >= 0.3 is 0 Å². The largest absolute Gasteiger partial charge is 0.493 e. The van der Waals surface area contributed by atoms with Crippen LogP contribution in [0.1, 0.15) is 19.3 Å². The first-order valence-electron chi connectivity index (χ1n) is 6.08. The highest BCUT2D eigenvalue weighted by atomic mass is 19.1. The van der Waals surface area contributed by atoms with Crippen molar-refractivity contribution in [1.29, 1.82) is 0 Å². The number of alkyl halides is 1. The molecule has 0 saturated heterocycles. The van der Waals surface area contributed by atoms with Gasteiger partial charge in [-0.3, -0.25) is 4.39 Å². The summed E-state index contributed by atoms with van der Waals surface area (Å²) in [5, 5.41) is 2.33. The van der Waals surface area contributed by atoms with E-state index in [4.69, 9.17) is 4.74 Å². The van der Waals surface area contributed by atoms with Crippen molar-refractivity contribution in [2.24, 2.45) is 0 Å². The summed E-state index contributed by atoms with van der Waals surface area (Å²) in [6.45, 7) is 0.433. The van der Waals surface area contributed by atoms with Gasteiger partial charge in [-0.25, -0.2) is 0 Å². The van der Waals surface area contributed by atoms with E-state index < -0.39 is 0 Å². The summed E-state index contributed by atoms with van der Waals surface area (Å²) in [7, 11) is 0. The lowest BCUT2D eigenvalue weighted by atomic mass is 10.1. The van der Waals surface area contributed by atoms with Gasteiger partial charge in [0.2, 0.25) is 0 Å². The molecule has 0 saturated carbocycles. The van der Waals surface area contributed by atoms with E-state index in [1.54, 1.807) is 0 Å². The molecule has 0 aliphatic heterocycles. The minimum absolute atomic E-state index is 0.228. The first-order chi connectivity index (χ1) is 8.42. The number of hydrogen-bond acceptors (Lipinski definition) is 1. The molecule has 0 unspecified atom stereocenters. The lowest BCUT2D eigenvalue weighted by Crippen LogP contribution is -1.98. The number of hydrogen-bond donors (Lipinski definition) is 0. The predicted octanol–water partition coefficient (Wildman–Crippen LogP) is 4.36. The van der Waals surface area contributed by atoms with Crippen molar-refractivity contribution >= 4 is 10.8 Å². The van der Waals surface area contributed by atoms with Crippen LogP contribution in [0.4, 0.5) is 4.39 Å². The van der Waals surface area contributed by atoms with Gasteiger partial charge in [0, 0.05) is 5.39 Å². The molecule has 90 valence electrons. The second-order valence-corrected chi connectivity index (χ2v) is 4.08. The van der Waals surface area contributed by atoms with Gasteiger partial charge in [0.25, 0.3) is 0 Å². The molecule has 0 N–H and O–H groups in total. The highest BCUT2D eigenvalue weighted by molar-refractivity contribution is 5.88. The zero-order valence-electron chi connectivity index (χ0n) is 9.86. The van der Waals surface area contributed by atoms with Crippen LogP contribution in [-0.4, -0.2) is 13.3 Å². The fourth-order valence-electron chi connectivity index (χ4n) is 1.88. The molecular formula is C15H17FO. The van der Waals surface area contributed by atoms with Crippen LogP contribution < -0.4 is 4.74 Å². The van der Waals surface area contributed by atoms with Crippen LogP contribution in [0.3, 0.4) is 0 Å². The Hall–Kier alpha value is -1.57. The van der Waals surface area contributed by atoms with E-state index in [0.29, 0.717) is 13.0 Å². The summed E-state index contributed by atoms with van der Waals surface area (Å²) >= 11 is 0. The second kappa shape index (κ2) is 6.24. The Morgan fingerprint density at radius 2 is 1.71 bits per heavy atom. The molecule has 0 aromatic heterocycles. The third-order valence-electron chi connectivity index (χ3n) is 2.79. The Morgan fingerprint density at radius 1 is 0.882 bits per heavy atom. The van der Waals surface area contributed by atoms with Gasteiger partial charge in [-0.2, -0.15) is 0 Å². The predicted molar refractivity (Wildman–Crippen MR) is 69.3 cm³/mol. The topological polar surface area (TPSA) is 9.23 Å². The maximum Gasteiger partial charge on any atom is 0.127 e. The molecule has 0 fully saturated rings. The molecule has 0 spiro atoms. The zero-order valence-corrected chi connectivity index (χ0v) is 9.86. The van der Waals surface area contributed by atoms with Crippen LogP contribution in [0.25, 0.3) is 10.8 Å². The van der Waals surface area contributed by atoms with Gasteiger partial charge < -0.3 is 4.74 Å². The van der Waals surface area contributed by atoms with Crippen LogP contribution >= 0.6 is 0 Å². The Labute approximate surface area is 101 Å². The number of fused-ring (bicyclic) bond motifs is 1. The van der Waals surface area contributed by atoms with Crippen LogP contribution in [-0.2, 0) is 0 Å². The van der Waals surface area contributed by atoms with Crippen molar-refractivity contribution in [1.82, 2.24) is 0 Å². The Morgan fingerprint density at radius 3 is 2.59 bits per heavy atom. The summed E-state index contributed by atoms with van der Waals surface area (Å²) < 4.78 is 17.7. The van der Waals surface area contributed by atoms with E-state index in [2.05, 4.69) is 18.2 Å². The van der Waals surface area contributed by atoms with Crippen molar-refractivity contribution in [3.05, 3.63) is 42.5 Å². The fraction of sp³-hybridized carbons (Fsp3) is 0.333. The lowest BCUT2D eigenvalue weighted by molar-refractivity contribution is 0.304. The summed E-state index contributed by atoms with van der Waals surface area (Å²) in [5.41, 5.74) is 0. The molecule has 2 aromatic rings. The van der Waals surface area contributed by atoms with Crippen LogP contribution in [0.5, 0.6) is 5.75 Å². The molecule has 0 atom stereocenters. The third kappa shape index (κ3) is 3.19. The van der Waals surface area contributed by atoms with E-state index in [-0.39, 0.29) is 6.67 Å². The number of halogens is 1. The third-order valence-corrected chi connectivity index (χ3v) is 2.79. The molecular weight excluding hydrogens is 215 g/mol. The molecule has 0 radical (unpaired) electrons. The van der Waals surface area contributed by atoms with Crippen molar-refractivity contribution in [3.8, 4) is 5.75 Å². The highest BCUT2D eigenvalue weighted by Gasteiger charge is 2.00.